The van der Waals surface area contributed by atoms with E-state index in [-0.39, 0.29) is 11.1 Å². The number of rotatable bonds is 4. The molecule has 1 rings (SSSR count). The fourth-order valence-corrected chi connectivity index (χ4v) is 4.16. The molecule has 0 aromatic heterocycles. The van der Waals surface area contributed by atoms with Crippen LogP contribution < -0.4 is 10.5 Å². The highest BCUT2D eigenvalue weighted by atomic mass is 32.2. The Balaban J connectivity index is 3.16. The normalized spacial score (nSPS) is 13.5. The zero-order valence-electron chi connectivity index (χ0n) is 13.5. The van der Waals surface area contributed by atoms with E-state index in [2.05, 4.69) is 4.72 Å². The van der Waals surface area contributed by atoms with E-state index < -0.39 is 26.3 Å². The van der Waals surface area contributed by atoms with Gasteiger partial charge in [0.25, 0.3) is 0 Å². The molecule has 0 heterocycles. The molecule has 1 aromatic rings. The molecule has 0 atom stereocenters. The molecule has 0 bridgehead atoms. The number of benzene rings is 1. The minimum atomic E-state index is -3.97. The third-order valence-corrected chi connectivity index (χ3v) is 4.71. The quantitative estimate of drug-likeness (QED) is 0.838. The van der Waals surface area contributed by atoms with Crippen molar-refractivity contribution in [3.8, 4) is 0 Å². The second-order valence-electron chi connectivity index (χ2n) is 7.37. The summed E-state index contributed by atoms with van der Waals surface area (Å²) in [4.78, 5) is -0.410. The van der Waals surface area contributed by atoms with Crippen LogP contribution in [0.2, 0.25) is 0 Å². The highest BCUT2D eigenvalue weighted by Crippen LogP contribution is 2.29. The first-order chi connectivity index (χ1) is 9.23. The van der Waals surface area contributed by atoms with Crippen molar-refractivity contribution in [2.45, 2.75) is 58.4 Å². The van der Waals surface area contributed by atoms with Gasteiger partial charge in [0.05, 0.1) is 0 Å². The molecule has 1 aromatic carbocycles. The Bertz CT molecular complexity index is 632. The van der Waals surface area contributed by atoms with E-state index in [1.165, 1.54) is 6.07 Å². The molecule has 0 unspecified atom stereocenters. The molecule has 120 valence electrons. The maximum absolute atomic E-state index is 14.0. The summed E-state index contributed by atoms with van der Waals surface area (Å²) in [6, 6.07) is 2.31. The van der Waals surface area contributed by atoms with Crippen LogP contribution in [0.15, 0.2) is 17.0 Å². The zero-order chi connectivity index (χ0) is 16.6. The molecular formula is C15H25FN2O2S. The number of hydrogen-bond acceptors (Lipinski definition) is 3. The number of aryl methyl sites for hydroxylation is 1. The third-order valence-electron chi connectivity index (χ3n) is 2.99. The fraction of sp³-hybridized carbons (Fsp3) is 0.600. The lowest BCUT2D eigenvalue weighted by molar-refractivity contribution is 0.269. The van der Waals surface area contributed by atoms with Gasteiger partial charge in [-0.15, -0.1) is 0 Å². The fourth-order valence-electron chi connectivity index (χ4n) is 2.66. The molecule has 0 aliphatic carbocycles. The average Bonchev–Trinajstić information content (AvgIpc) is 2.17. The van der Waals surface area contributed by atoms with Gasteiger partial charge in [0.1, 0.15) is 10.7 Å². The molecule has 0 saturated carbocycles. The van der Waals surface area contributed by atoms with Crippen LogP contribution >= 0.6 is 0 Å². The number of sulfonamides is 1. The van der Waals surface area contributed by atoms with Crippen LogP contribution in [-0.4, -0.2) is 14.0 Å². The van der Waals surface area contributed by atoms with Gasteiger partial charge in [-0.1, -0.05) is 20.8 Å². The zero-order valence-corrected chi connectivity index (χ0v) is 14.4. The average molecular weight is 316 g/mol. The van der Waals surface area contributed by atoms with Gasteiger partial charge < -0.3 is 5.73 Å². The van der Waals surface area contributed by atoms with Crippen LogP contribution in [0.25, 0.3) is 0 Å². The Labute approximate surface area is 127 Å². The first-order valence-electron chi connectivity index (χ1n) is 6.83. The van der Waals surface area contributed by atoms with E-state index in [0.29, 0.717) is 12.0 Å². The summed E-state index contributed by atoms with van der Waals surface area (Å²) in [7, 11) is -3.97. The van der Waals surface area contributed by atoms with Crippen LogP contribution in [-0.2, 0) is 10.0 Å². The van der Waals surface area contributed by atoms with Crippen LogP contribution in [0.1, 0.15) is 46.6 Å². The monoisotopic (exact) mass is 316 g/mol. The molecule has 0 spiro atoms. The molecule has 0 amide bonds. The molecule has 4 nitrogen and oxygen atoms in total. The van der Waals surface area contributed by atoms with E-state index in [9.17, 15) is 12.8 Å². The van der Waals surface area contributed by atoms with E-state index >= 15 is 0 Å². The SMILES string of the molecule is Cc1cc(F)c(S(=O)(=O)NC(C)(C)CC(C)(C)C)cc1N. The molecule has 0 aliphatic heterocycles. The first-order valence-corrected chi connectivity index (χ1v) is 8.31. The van der Waals surface area contributed by atoms with Crippen LogP contribution in [0.5, 0.6) is 0 Å². The summed E-state index contributed by atoms with van der Waals surface area (Å²) in [5, 5.41) is 0. The van der Waals surface area contributed by atoms with Crippen molar-refractivity contribution in [3.63, 3.8) is 0 Å². The van der Waals surface area contributed by atoms with Crippen LogP contribution in [0.3, 0.4) is 0 Å². The Kier molecular flexibility index (Phi) is 4.75. The van der Waals surface area contributed by atoms with Gasteiger partial charge in [-0.25, -0.2) is 17.5 Å². The Morgan fingerprint density at radius 3 is 2.19 bits per heavy atom. The molecule has 21 heavy (non-hydrogen) atoms. The number of hydrogen-bond donors (Lipinski definition) is 2. The maximum atomic E-state index is 14.0. The molecule has 0 aliphatic rings. The predicted molar refractivity (Wildman–Crippen MR) is 84.0 cm³/mol. The van der Waals surface area contributed by atoms with Crippen molar-refractivity contribution < 1.29 is 12.8 Å². The molecule has 0 fully saturated rings. The number of anilines is 1. The predicted octanol–water partition coefficient (Wildman–Crippen LogP) is 3.21. The van der Waals surface area contributed by atoms with E-state index in [4.69, 9.17) is 5.73 Å². The van der Waals surface area contributed by atoms with Crippen molar-refractivity contribution >= 4 is 15.7 Å². The lowest BCUT2D eigenvalue weighted by Gasteiger charge is -2.33. The molecule has 0 saturated heterocycles. The third kappa shape index (κ3) is 4.97. The number of nitrogen functional groups attached to an aromatic ring is 1. The van der Waals surface area contributed by atoms with E-state index in [1.807, 2.05) is 20.8 Å². The highest BCUT2D eigenvalue weighted by molar-refractivity contribution is 7.89. The number of nitrogens with two attached hydrogens (primary N) is 1. The minimum absolute atomic E-state index is 0.0587. The number of nitrogens with one attached hydrogen (secondary N) is 1. The van der Waals surface area contributed by atoms with Gasteiger partial charge >= 0.3 is 0 Å². The second kappa shape index (κ2) is 5.57. The maximum Gasteiger partial charge on any atom is 0.244 e. The minimum Gasteiger partial charge on any atom is -0.398 e. The van der Waals surface area contributed by atoms with E-state index in [1.54, 1.807) is 20.8 Å². The van der Waals surface area contributed by atoms with Crippen LogP contribution in [0.4, 0.5) is 10.1 Å². The van der Waals surface area contributed by atoms with Crippen LogP contribution in [0, 0.1) is 18.2 Å². The Hall–Kier alpha value is -1.14. The van der Waals surface area contributed by atoms with Crippen molar-refractivity contribution in [1.29, 1.82) is 0 Å². The summed E-state index contributed by atoms with van der Waals surface area (Å²) in [5.41, 5.74) is 5.71. The Morgan fingerprint density at radius 1 is 1.19 bits per heavy atom. The molecular weight excluding hydrogens is 291 g/mol. The van der Waals surface area contributed by atoms with Gasteiger partial charge in [0, 0.05) is 11.2 Å². The highest BCUT2D eigenvalue weighted by Gasteiger charge is 2.32. The molecule has 6 heteroatoms. The van der Waals surface area contributed by atoms with Crippen molar-refractivity contribution in [3.05, 3.63) is 23.5 Å². The smallest absolute Gasteiger partial charge is 0.244 e. The lowest BCUT2D eigenvalue weighted by Crippen LogP contribution is -2.45. The van der Waals surface area contributed by atoms with Crippen molar-refractivity contribution in [2.75, 3.05) is 5.73 Å². The van der Waals surface area contributed by atoms with Gasteiger partial charge in [-0.2, -0.15) is 0 Å². The topological polar surface area (TPSA) is 72.2 Å². The van der Waals surface area contributed by atoms with Crippen molar-refractivity contribution in [2.24, 2.45) is 5.41 Å². The van der Waals surface area contributed by atoms with Gasteiger partial charge in [-0.3, -0.25) is 0 Å². The Morgan fingerprint density at radius 2 is 1.71 bits per heavy atom. The molecule has 3 N–H and O–H groups in total. The summed E-state index contributed by atoms with van der Waals surface area (Å²) in [5.74, 6) is -0.791. The molecule has 0 radical (unpaired) electrons. The van der Waals surface area contributed by atoms with Gasteiger partial charge in [0.2, 0.25) is 10.0 Å². The van der Waals surface area contributed by atoms with Gasteiger partial charge in [-0.05, 0) is 50.3 Å². The summed E-state index contributed by atoms with van der Waals surface area (Å²) < 4.78 is 41.4. The largest absolute Gasteiger partial charge is 0.398 e. The standard InChI is InChI=1S/C15H25FN2O2S/c1-10-7-11(16)13(8-12(10)17)21(19,20)18-15(5,6)9-14(2,3)4/h7-8,18H,9,17H2,1-6H3. The van der Waals surface area contributed by atoms with Crippen molar-refractivity contribution in [1.82, 2.24) is 4.72 Å². The van der Waals surface area contributed by atoms with E-state index in [0.717, 1.165) is 6.07 Å². The number of halogens is 1. The summed E-state index contributed by atoms with van der Waals surface area (Å²) in [6.07, 6.45) is 0.613. The van der Waals surface area contributed by atoms with Gasteiger partial charge in [0.15, 0.2) is 0 Å². The summed E-state index contributed by atoms with van der Waals surface area (Å²) >= 11 is 0. The lowest BCUT2D eigenvalue weighted by atomic mass is 9.82. The summed E-state index contributed by atoms with van der Waals surface area (Å²) in [6.45, 7) is 11.3. The second-order valence-corrected chi connectivity index (χ2v) is 9.02. The first kappa shape index (κ1) is 17.9.